The number of amides is 1. The number of hydrogen-bond donors (Lipinski definition) is 1. The molecule has 2 aromatic rings. The lowest BCUT2D eigenvalue weighted by molar-refractivity contribution is -0.199. The van der Waals surface area contributed by atoms with Gasteiger partial charge in [0.25, 0.3) is 5.91 Å². The Morgan fingerprint density at radius 3 is 2.89 bits per heavy atom. The lowest BCUT2D eigenvalue weighted by Gasteiger charge is -2.40. The average molecular weight is 370 g/mol. The highest BCUT2D eigenvalue weighted by atomic mass is 16.6. The van der Waals surface area contributed by atoms with Crippen molar-refractivity contribution in [2.24, 2.45) is 0 Å². The molecule has 6 nitrogen and oxygen atoms in total. The van der Waals surface area contributed by atoms with Crippen molar-refractivity contribution in [1.82, 2.24) is 9.88 Å². The van der Waals surface area contributed by atoms with Gasteiger partial charge in [0.05, 0.1) is 25.9 Å². The summed E-state index contributed by atoms with van der Waals surface area (Å²) in [7, 11) is 1.68. The Morgan fingerprint density at radius 2 is 2.19 bits per heavy atom. The molecular formula is C21H26N2O4. The zero-order valence-electron chi connectivity index (χ0n) is 16.1. The summed E-state index contributed by atoms with van der Waals surface area (Å²) in [6.45, 7) is 6.09. The van der Waals surface area contributed by atoms with E-state index in [-0.39, 0.29) is 5.91 Å². The van der Waals surface area contributed by atoms with Gasteiger partial charge in [-0.15, -0.1) is 0 Å². The van der Waals surface area contributed by atoms with Crippen LogP contribution in [-0.2, 0) is 14.3 Å². The van der Waals surface area contributed by atoms with Crippen LogP contribution in [0, 0.1) is 0 Å². The van der Waals surface area contributed by atoms with Crippen molar-refractivity contribution in [3.63, 3.8) is 0 Å². The Morgan fingerprint density at radius 1 is 1.33 bits per heavy atom. The molecule has 2 aliphatic heterocycles. The molecule has 0 spiro atoms. The second-order valence-corrected chi connectivity index (χ2v) is 7.58. The monoisotopic (exact) mass is 370 g/mol. The number of benzene rings is 1. The van der Waals surface area contributed by atoms with Crippen molar-refractivity contribution in [3.05, 3.63) is 36.0 Å². The number of aromatic amines is 1. The molecule has 1 atom stereocenters. The smallest absolute Gasteiger partial charge is 0.254 e. The van der Waals surface area contributed by atoms with Crippen LogP contribution in [0.5, 0.6) is 5.75 Å². The van der Waals surface area contributed by atoms with Gasteiger partial charge in [-0.2, -0.15) is 0 Å². The van der Waals surface area contributed by atoms with E-state index in [4.69, 9.17) is 14.2 Å². The van der Waals surface area contributed by atoms with Crippen LogP contribution in [-0.4, -0.2) is 60.9 Å². The van der Waals surface area contributed by atoms with Crippen molar-refractivity contribution in [2.45, 2.75) is 32.0 Å². The van der Waals surface area contributed by atoms with Crippen LogP contribution < -0.4 is 4.74 Å². The highest BCUT2D eigenvalue weighted by Crippen LogP contribution is 2.32. The van der Waals surface area contributed by atoms with E-state index in [0.29, 0.717) is 26.3 Å². The first-order valence-corrected chi connectivity index (χ1v) is 9.38. The van der Waals surface area contributed by atoms with Crippen LogP contribution in [0.3, 0.4) is 0 Å². The molecule has 0 saturated carbocycles. The van der Waals surface area contributed by atoms with Crippen molar-refractivity contribution in [1.29, 1.82) is 0 Å². The standard InChI is InChI=1S/C21H26N2O4/c1-21(2)19(26-10-11-27-21)20(24)23-8-6-14(7-9-23)17-13-22-18-5-4-15(25-3)12-16(17)18/h4-6,12-13,19,22H,7-11H2,1-3H3. The number of nitrogens with zero attached hydrogens (tertiary/aromatic N) is 1. The second kappa shape index (κ2) is 7.02. The largest absolute Gasteiger partial charge is 0.497 e. The fourth-order valence-electron chi connectivity index (χ4n) is 3.89. The molecule has 4 rings (SSSR count). The number of nitrogens with one attached hydrogen (secondary N) is 1. The topological polar surface area (TPSA) is 63.8 Å². The minimum atomic E-state index is -0.591. The Labute approximate surface area is 159 Å². The lowest BCUT2D eigenvalue weighted by Crippen LogP contribution is -2.56. The van der Waals surface area contributed by atoms with Crippen LogP contribution >= 0.6 is 0 Å². The van der Waals surface area contributed by atoms with Crippen molar-refractivity contribution in [3.8, 4) is 5.75 Å². The van der Waals surface area contributed by atoms with Gasteiger partial charge in [-0.3, -0.25) is 4.79 Å². The predicted molar refractivity (Wildman–Crippen MR) is 104 cm³/mol. The van der Waals surface area contributed by atoms with Crippen LogP contribution in [0.2, 0.25) is 0 Å². The number of carbonyl (C=O) groups is 1. The van der Waals surface area contributed by atoms with Crippen LogP contribution in [0.25, 0.3) is 16.5 Å². The van der Waals surface area contributed by atoms with Crippen molar-refractivity contribution in [2.75, 3.05) is 33.4 Å². The molecule has 1 saturated heterocycles. The van der Waals surface area contributed by atoms with Crippen molar-refractivity contribution >= 4 is 22.4 Å². The van der Waals surface area contributed by atoms with Gasteiger partial charge in [0.2, 0.25) is 0 Å². The number of rotatable bonds is 3. The summed E-state index contributed by atoms with van der Waals surface area (Å²) in [5, 5.41) is 1.14. The Bertz CT molecular complexity index is 883. The third kappa shape index (κ3) is 3.35. The molecule has 2 aliphatic rings. The molecule has 1 unspecified atom stereocenters. The van der Waals surface area contributed by atoms with Gasteiger partial charge in [0, 0.05) is 35.8 Å². The maximum atomic E-state index is 12.9. The fourth-order valence-corrected chi connectivity index (χ4v) is 3.89. The predicted octanol–water partition coefficient (Wildman–Crippen LogP) is 2.99. The number of H-pyrrole nitrogens is 1. The fraction of sp³-hybridized carbons (Fsp3) is 0.476. The highest BCUT2D eigenvalue weighted by Gasteiger charge is 2.42. The molecular weight excluding hydrogens is 344 g/mol. The molecule has 3 heterocycles. The minimum absolute atomic E-state index is 0.00981. The van der Waals surface area contributed by atoms with Gasteiger partial charge in [0.1, 0.15) is 5.75 Å². The SMILES string of the molecule is COc1ccc2[nH]cc(C3=CCN(C(=O)C4OCCOC4(C)C)CC3)c2c1. The molecule has 0 bridgehead atoms. The molecule has 27 heavy (non-hydrogen) atoms. The summed E-state index contributed by atoms with van der Waals surface area (Å²) < 4.78 is 16.8. The summed E-state index contributed by atoms with van der Waals surface area (Å²) in [5.41, 5.74) is 2.92. The Hall–Kier alpha value is -2.31. The molecule has 0 radical (unpaired) electrons. The second-order valence-electron chi connectivity index (χ2n) is 7.58. The van der Waals surface area contributed by atoms with Crippen molar-refractivity contribution < 1.29 is 19.0 Å². The molecule has 144 valence electrons. The normalized spacial score (nSPS) is 22.6. The number of carbonyl (C=O) groups excluding carboxylic acids is 1. The molecule has 1 aromatic heterocycles. The maximum Gasteiger partial charge on any atom is 0.254 e. The minimum Gasteiger partial charge on any atom is -0.497 e. The number of fused-ring (bicyclic) bond motifs is 1. The van der Waals surface area contributed by atoms with Crippen LogP contribution in [0.1, 0.15) is 25.8 Å². The Kier molecular flexibility index (Phi) is 4.70. The summed E-state index contributed by atoms with van der Waals surface area (Å²) in [4.78, 5) is 18.1. The van der Waals surface area contributed by atoms with E-state index >= 15 is 0 Å². The van der Waals surface area contributed by atoms with Crippen LogP contribution in [0.15, 0.2) is 30.5 Å². The quantitative estimate of drug-likeness (QED) is 0.902. The zero-order chi connectivity index (χ0) is 19.0. The van der Waals surface area contributed by atoms with E-state index in [1.54, 1.807) is 7.11 Å². The molecule has 1 amide bonds. The number of hydrogen-bond acceptors (Lipinski definition) is 4. The van der Waals surface area contributed by atoms with Gasteiger partial charge < -0.3 is 24.1 Å². The van der Waals surface area contributed by atoms with E-state index in [1.807, 2.05) is 37.1 Å². The molecule has 1 N–H and O–H groups in total. The number of aromatic nitrogens is 1. The first-order valence-electron chi connectivity index (χ1n) is 9.38. The van der Waals surface area contributed by atoms with E-state index in [9.17, 15) is 4.79 Å². The van der Waals surface area contributed by atoms with E-state index in [2.05, 4.69) is 17.1 Å². The van der Waals surface area contributed by atoms with E-state index < -0.39 is 11.7 Å². The number of methoxy groups -OCH3 is 1. The van der Waals surface area contributed by atoms with Crippen LogP contribution in [0.4, 0.5) is 0 Å². The molecule has 1 fully saturated rings. The third-order valence-electron chi connectivity index (χ3n) is 5.45. The molecule has 0 aliphatic carbocycles. The lowest BCUT2D eigenvalue weighted by atomic mass is 9.96. The van der Waals surface area contributed by atoms with Gasteiger partial charge in [-0.1, -0.05) is 6.08 Å². The summed E-state index contributed by atoms with van der Waals surface area (Å²) in [6.07, 6.45) is 4.44. The molecule has 1 aromatic carbocycles. The highest BCUT2D eigenvalue weighted by molar-refractivity contribution is 5.94. The first-order chi connectivity index (χ1) is 13.0. The zero-order valence-corrected chi connectivity index (χ0v) is 16.1. The summed E-state index contributed by atoms with van der Waals surface area (Å²) in [6, 6.07) is 6.03. The summed E-state index contributed by atoms with van der Waals surface area (Å²) >= 11 is 0. The average Bonchev–Trinajstić information content (AvgIpc) is 3.10. The number of ether oxygens (including phenoxy) is 3. The van der Waals surface area contributed by atoms with E-state index in [0.717, 1.165) is 23.1 Å². The third-order valence-corrected chi connectivity index (χ3v) is 5.45. The van der Waals surface area contributed by atoms with Gasteiger partial charge in [0.15, 0.2) is 6.10 Å². The summed E-state index contributed by atoms with van der Waals surface area (Å²) in [5.74, 6) is 0.851. The first kappa shape index (κ1) is 18.1. The van der Waals surface area contributed by atoms with Gasteiger partial charge >= 0.3 is 0 Å². The Balaban J connectivity index is 1.53. The molecule has 6 heteroatoms. The van der Waals surface area contributed by atoms with Gasteiger partial charge in [-0.25, -0.2) is 0 Å². The van der Waals surface area contributed by atoms with Gasteiger partial charge in [-0.05, 0) is 44.0 Å². The van der Waals surface area contributed by atoms with E-state index in [1.165, 1.54) is 11.1 Å². The maximum absolute atomic E-state index is 12.9.